The zero-order chi connectivity index (χ0) is 14.6. The maximum absolute atomic E-state index is 12.0. The summed E-state index contributed by atoms with van der Waals surface area (Å²) in [6.07, 6.45) is -5.12. The Kier molecular flexibility index (Phi) is 4.49. The van der Waals surface area contributed by atoms with Crippen LogP contribution in [0.4, 0.5) is 13.2 Å². The van der Waals surface area contributed by atoms with Gasteiger partial charge in [0.2, 0.25) is 0 Å². The molecule has 0 aliphatic carbocycles. The van der Waals surface area contributed by atoms with Crippen LogP contribution >= 0.6 is 0 Å². The van der Waals surface area contributed by atoms with Crippen molar-refractivity contribution in [2.45, 2.75) is 25.6 Å². The van der Waals surface area contributed by atoms with Gasteiger partial charge < -0.3 is 9.84 Å². The second-order valence-corrected chi connectivity index (χ2v) is 4.49. The topological polar surface area (TPSA) is 29.5 Å². The number of rotatable bonds is 5. The summed E-state index contributed by atoms with van der Waals surface area (Å²) in [5, 5.41) is 11.3. The van der Waals surface area contributed by atoms with E-state index < -0.39 is 12.6 Å². The highest BCUT2D eigenvalue weighted by Crippen LogP contribution is 2.28. The fourth-order valence-electron chi connectivity index (χ4n) is 2.07. The smallest absolute Gasteiger partial charge is 0.389 e. The first kappa shape index (κ1) is 14.7. The van der Waals surface area contributed by atoms with E-state index in [2.05, 4.69) is 0 Å². The van der Waals surface area contributed by atoms with Gasteiger partial charge in [0, 0.05) is 12.0 Å². The third kappa shape index (κ3) is 3.63. The summed E-state index contributed by atoms with van der Waals surface area (Å²) in [5.74, 6) is 0.438. The van der Waals surface area contributed by atoms with Gasteiger partial charge in [0.05, 0.1) is 13.2 Å². The second kappa shape index (κ2) is 6.13. The van der Waals surface area contributed by atoms with Crippen molar-refractivity contribution >= 4 is 10.8 Å². The Bertz CT molecular complexity index is 579. The molecule has 2 rings (SSSR count). The van der Waals surface area contributed by atoms with Crippen molar-refractivity contribution in [1.82, 2.24) is 0 Å². The van der Waals surface area contributed by atoms with Crippen molar-refractivity contribution in [1.29, 1.82) is 0 Å². The average molecular weight is 284 g/mol. The molecule has 0 bridgehead atoms. The fourth-order valence-corrected chi connectivity index (χ4v) is 2.07. The molecule has 2 aromatic rings. The molecule has 108 valence electrons. The molecule has 0 radical (unpaired) electrons. The average Bonchev–Trinajstić information content (AvgIpc) is 2.42. The molecule has 0 heterocycles. The molecule has 20 heavy (non-hydrogen) atoms. The molecule has 0 fully saturated rings. The van der Waals surface area contributed by atoms with Gasteiger partial charge in [0.1, 0.15) is 5.75 Å². The summed E-state index contributed by atoms with van der Waals surface area (Å²) >= 11 is 0. The lowest BCUT2D eigenvalue weighted by atomic mass is 10.0. The van der Waals surface area contributed by atoms with Crippen molar-refractivity contribution < 1.29 is 23.0 Å². The molecule has 1 N–H and O–H groups in total. The van der Waals surface area contributed by atoms with Gasteiger partial charge in [-0.25, -0.2) is 0 Å². The maximum atomic E-state index is 12.0. The number of aliphatic hydroxyl groups is 1. The number of alkyl halides is 3. The Morgan fingerprint density at radius 1 is 1.05 bits per heavy atom. The maximum Gasteiger partial charge on any atom is 0.389 e. The van der Waals surface area contributed by atoms with Crippen LogP contribution in [-0.4, -0.2) is 17.9 Å². The number of fused-ring (bicyclic) bond motifs is 1. The molecule has 0 saturated carbocycles. The van der Waals surface area contributed by atoms with Crippen LogP contribution in [0.5, 0.6) is 5.75 Å². The number of halogens is 3. The molecular weight excluding hydrogens is 269 g/mol. The van der Waals surface area contributed by atoms with Gasteiger partial charge in [-0.1, -0.05) is 30.3 Å². The first-order valence-electron chi connectivity index (χ1n) is 6.32. The molecule has 0 aliphatic heterocycles. The minimum Gasteiger partial charge on any atom is -0.493 e. The first-order chi connectivity index (χ1) is 9.51. The minimum atomic E-state index is -4.16. The molecule has 0 amide bonds. The van der Waals surface area contributed by atoms with E-state index in [0.29, 0.717) is 11.3 Å². The fraction of sp³-hybridized carbons (Fsp3) is 0.333. The van der Waals surface area contributed by atoms with Crippen LogP contribution in [-0.2, 0) is 6.61 Å². The molecule has 2 nitrogen and oxygen atoms in total. The van der Waals surface area contributed by atoms with Gasteiger partial charge >= 0.3 is 6.18 Å². The monoisotopic (exact) mass is 284 g/mol. The second-order valence-electron chi connectivity index (χ2n) is 4.49. The molecule has 0 saturated heterocycles. The van der Waals surface area contributed by atoms with E-state index in [1.54, 1.807) is 6.07 Å². The van der Waals surface area contributed by atoms with E-state index in [1.807, 2.05) is 30.3 Å². The minimum absolute atomic E-state index is 0.0230. The Hall–Kier alpha value is -1.75. The number of hydrogen-bond donors (Lipinski definition) is 1. The Balaban J connectivity index is 2.10. The Morgan fingerprint density at radius 2 is 1.80 bits per heavy atom. The number of ether oxygens (including phenoxy) is 1. The van der Waals surface area contributed by atoms with Gasteiger partial charge in [-0.05, 0) is 23.3 Å². The lowest BCUT2D eigenvalue weighted by Crippen LogP contribution is -2.10. The van der Waals surface area contributed by atoms with Gasteiger partial charge in [-0.15, -0.1) is 0 Å². The van der Waals surface area contributed by atoms with Gasteiger partial charge in [-0.2, -0.15) is 13.2 Å². The zero-order valence-electron chi connectivity index (χ0n) is 10.8. The summed E-state index contributed by atoms with van der Waals surface area (Å²) in [6.45, 7) is -0.235. The quantitative estimate of drug-likeness (QED) is 0.839. The summed E-state index contributed by atoms with van der Waals surface area (Å²) in [6, 6.07) is 11.0. The van der Waals surface area contributed by atoms with Crippen LogP contribution in [0.2, 0.25) is 0 Å². The van der Waals surface area contributed by atoms with Gasteiger partial charge in [0.15, 0.2) is 0 Å². The molecule has 0 aliphatic rings. The van der Waals surface area contributed by atoms with Crippen LogP contribution in [0.15, 0.2) is 36.4 Å². The van der Waals surface area contributed by atoms with Crippen molar-refractivity contribution in [3.63, 3.8) is 0 Å². The van der Waals surface area contributed by atoms with Crippen LogP contribution in [0.25, 0.3) is 10.8 Å². The highest BCUT2D eigenvalue weighted by molar-refractivity contribution is 5.87. The third-order valence-electron chi connectivity index (χ3n) is 3.02. The van der Waals surface area contributed by atoms with Crippen molar-refractivity contribution in [3.8, 4) is 5.75 Å². The Labute approximate surface area is 114 Å². The van der Waals surface area contributed by atoms with Gasteiger partial charge in [0.25, 0.3) is 0 Å². The Morgan fingerprint density at radius 3 is 2.50 bits per heavy atom. The summed E-state index contributed by atoms with van der Waals surface area (Å²) in [5.41, 5.74) is 0.607. The number of hydrogen-bond acceptors (Lipinski definition) is 2. The molecule has 0 aromatic heterocycles. The standard InChI is InChI=1S/C15H15F3O2/c16-15(17,18)8-3-9-20-14-7-6-11-4-1-2-5-12(11)13(14)10-19/h1-2,4-7,19H,3,8-10H2. The molecule has 0 unspecified atom stereocenters. The van der Waals surface area contributed by atoms with Crippen LogP contribution < -0.4 is 4.74 Å². The highest BCUT2D eigenvalue weighted by Gasteiger charge is 2.26. The molecular formula is C15H15F3O2. The van der Waals surface area contributed by atoms with Crippen LogP contribution in [0.1, 0.15) is 18.4 Å². The van der Waals surface area contributed by atoms with Crippen molar-refractivity contribution in [3.05, 3.63) is 42.0 Å². The number of aliphatic hydroxyl groups excluding tert-OH is 1. The summed E-state index contributed by atoms with van der Waals surface area (Å²) < 4.78 is 41.5. The lowest BCUT2D eigenvalue weighted by Gasteiger charge is -2.13. The van der Waals surface area contributed by atoms with E-state index in [-0.39, 0.29) is 19.6 Å². The third-order valence-corrected chi connectivity index (χ3v) is 3.02. The van der Waals surface area contributed by atoms with Crippen LogP contribution in [0, 0.1) is 0 Å². The molecule has 0 atom stereocenters. The van der Waals surface area contributed by atoms with Crippen molar-refractivity contribution in [2.24, 2.45) is 0 Å². The molecule has 2 aromatic carbocycles. The van der Waals surface area contributed by atoms with E-state index in [9.17, 15) is 18.3 Å². The predicted octanol–water partition coefficient (Wildman–Crippen LogP) is 4.05. The van der Waals surface area contributed by atoms with Crippen LogP contribution in [0.3, 0.4) is 0 Å². The number of benzene rings is 2. The highest BCUT2D eigenvalue weighted by atomic mass is 19.4. The van der Waals surface area contributed by atoms with E-state index >= 15 is 0 Å². The lowest BCUT2D eigenvalue weighted by molar-refractivity contribution is -0.136. The van der Waals surface area contributed by atoms with Gasteiger partial charge in [-0.3, -0.25) is 0 Å². The van der Waals surface area contributed by atoms with E-state index in [1.165, 1.54) is 0 Å². The van der Waals surface area contributed by atoms with E-state index in [4.69, 9.17) is 4.74 Å². The predicted molar refractivity (Wildman–Crippen MR) is 70.7 cm³/mol. The largest absolute Gasteiger partial charge is 0.493 e. The normalized spacial score (nSPS) is 11.8. The molecule has 5 heteroatoms. The molecule has 0 spiro atoms. The SMILES string of the molecule is OCc1c(OCCCC(F)(F)F)ccc2ccccc12. The van der Waals surface area contributed by atoms with E-state index in [0.717, 1.165) is 10.8 Å². The zero-order valence-corrected chi connectivity index (χ0v) is 10.8. The van der Waals surface area contributed by atoms with Crippen molar-refractivity contribution in [2.75, 3.05) is 6.61 Å². The first-order valence-corrected chi connectivity index (χ1v) is 6.32. The summed E-state index contributed by atoms with van der Waals surface area (Å²) in [4.78, 5) is 0. The summed E-state index contributed by atoms with van der Waals surface area (Å²) in [7, 11) is 0.